The van der Waals surface area contributed by atoms with Crippen LogP contribution in [0.25, 0.3) is 0 Å². The summed E-state index contributed by atoms with van der Waals surface area (Å²) in [4.78, 5) is 71.8. The molecule has 0 aromatic heterocycles. The summed E-state index contributed by atoms with van der Waals surface area (Å²) in [6, 6.07) is 22.8. The average Bonchev–Trinajstić information content (AvgIpc) is 3.53. The van der Waals surface area contributed by atoms with Gasteiger partial charge in [0.2, 0.25) is 11.8 Å². The summed E-state index contributed by atoms with van der Waals surface area (Å²) in [6.45, 7) is 1.43. The lowest BCUT2D eigenvalue weighted by Gasteiger charge is -2.50. The average molecular weight is 734 g/mol. The van der Waals surface area contributed by atoms with Crippen molar-refractivity contribution in [1.82, 2.24) is 5.01 Å². The number of allylic oxidation sites excluding steroid dienone is 2. The summed E-state index contributed by atoms with van der Waals surface area (Å²) < 4.78 is 19.7. The molecule has 4 aromatic rings. The largest absolute Gasteiger partial charge is 0.508 e. The first-order chi connectivity index (χ1) is 25.4. The van der Waals surface area contributed by atoms with E-state index in [1.54, 1.807) is 54.6 Å². The van der Waals surface area contributed by atoms with Crippen molar-refractivity contribution in [1.29, 1.82) is 0 Å². The molecule has 2 saturated heterocycles. The van der Waals surface area contributed by atoms with Gasteiger partial charge in [-0.1, -0.05) is 41.4 Å². The van der Waals surface area contributed by atoms with Gasteiger partial charge >= 0.3 is 0 Å². The number of fused-ring (bicyclic) bond motifs is 4. The van der Waals surface area contributed by atoms with Crippen LogP contribution < -0.4 is 15.1 Å². The molecule has 10 nitrogen and oxygen atoms in total. The van der Waals surface area contributed by atoms with Gasteiger partial charge in [-0.3, -0.25) is 34.3 Å². The topological polar surface area (TPSA) is 133 Å². The second-order valence-electron chi connectivity index (χ2n) is 13.9. The summed E-state index contributed by atoms with van der Waals surface area (Å²) in [6.07, 6.45) is 2.16. The van der Waals surface area contributed by atoms with Crippen molar-refractivity contribution < 1.29 is 38.2 Å². The number of ether oxygens (including phenoxy) is 1. The van der Waals surface area contributed by atoms with E-state index in [4.69, 9.17) is 16.3 Å². The van der Waals surface area contributed by atoms with Crippen molar-refractivity contribution in [2.45, 2.75) is 31.1 Å². The van der Waals surface area contributed by atoms with Crippen LogP contribution in [0.3, 0.4) is 0 Å². The number of amides is 4. The Morgan fingerprint density at radius 2 is 1.60 bits per heavy atom. The number of rotatable bonds is 7. The Morgan fingerprint density at radius 1 is 0.906 bits per heavy atom. The van der Waals surface area contributed by atoms with E-state index in [1.165, 1.54) is 50.4 Å². The second-order valence-corrected chi connectivity index (χ2v) is 14.4. The first-order valence-electron chi connectivity index (χ1n) is 17.2. The van der Waals surface area contributed by atoms with Gasteiger partial charge in [-0.15, -0.1) is 0 Å². The molecule has 2 N–H and O–H groups in total. The highest BCUT2D eigenvalue weighted by atomic mass is 35.5. The number of hydrogen-bond donors (Lipinski definition) is 2. The minimum absolute atomic E-state index is 0.0504. The number of ketones is 1. The molecule has 0 radical (unpaired) electrons. The smallest absolute Gasteiger partial charge is 0.260 e. The molecule has 0 spiro atoms. The lowest BCUT2D eigenvalue weighted by molar-refractivity contribution is -0.138. The fourth-order valence-electron chi connectivity index (χ4n) is 9.04. The van der Waals surface area contributed by atoms with Gasteiger partial charge in [0.1, 0.15) is 17.3 Å². The van der Waals surface area contributed by atoms with Gasteiger partial charge < -0.3 is 9.84 Å². The van der Waals surface area contributed by atoms with E-state index < -0.39 is 58.5 Å². The number of Topliss-reactive ketones (excluding diaryl/α,β-unsaturated/α-hetero) is 1. The zero-order valence-electron chi connectivity index (χ0n) is 28.6. The van der Waals surface area contributed by atoms with Crippen molar-refractivity contribution in [3.8, 4) is 11.5 Å². The molecule has 4 aromatic carbocycles. The summed E-state index contributed by atoms with van der Waals surface area (Å²) in [5.41, 5.74) is 4.08. The van der Waals surface area contributed by atoms with Gasteiger partial charge in [0.25, 0.3) is 11.8 Å². The zero-order valence-corrected chi connectivity index (χ0v) is 29.3. The minimum Gasteiger partial charge on any atom is -0.508 e. The molecular formula is C41H33ClFN3O7. The minimum atomic E-state index is -1.61. The van der Waals surface area contributed by atoms with E-state index in [0.717, 1.165) is 9.91 Å². The molecule has 1 saturated carbocycles. The van der Waals surface area contributed by atoms with Crippen molar-refractivity contribution in [3.63, 3.8) is 0 Å². The van der Waals surface area contributed by atoms with Gasteiger partial charge in [-0.25, -0.2) is 4.39 Å². The first-order valence-corrected chi connectivity index (χ1v) is 17.6. The molecule has 4 aliphatic rings. The lowest BCUT2D eigenvalue weighted by Crippen LogP contribution is -2.53. The standard InChI is InChI=1S/C41H33ClFN3O7/c1-21(47)22-3-13-27(14-4-22)45-37(49)31-18-17-29-32(35(31)39(45)51)20-33-38(50)46(44-26-11-9-25(43)10-12-26)40(52)41(33,23-5-7-24(42)8-6-23)36(29)30-16-15-28(48)19-34(30)53-2/h3-17,19,31-33,35-36,44,48H,18,20H2,1-2H3/t31-,32+,33-,35-,36+,41+/m0/s1. The number of phenols is 1. The number of methoxy groups -OCH3 is 1. The number of imide groups is 2. The number of carbonyl (C=O) groups excluding carboxylic acids is 5. The predicted molar refractivity (Wildman–Crippen MR) is 193 cm³/mol. The maximum absolute atomic E-state index is 15.3. The maximum atomic E-state index is 15.3. The van der Waals surface area contributed by atoms with Gasteiger partial charge in [0.15, 0.2) is 5.78 Å². The van der Waals surface area contributed by atoms with Crippen LogP contribution in [-0.2, 0) is 24.6 Å². The number of aromatic hydroxyl groups is 1. The summed E-state index contributed by atoms with van der Waals surface area (Å²) in [5, 5.41) is 11.9. The molecule has 0 bridgehead atoms. The van der Waals surface area contributed by atoms with Crippen LogP contribution in [0.5, 0.6) is 11.5 Å². The fraction of sp³-hybridized carbons (Fsp3) is 0.244. The highest BCUT2D eigenvalue weighted by molar-refractivity contribution is 6.30. The van der Waals surface area contributed by atoms with E-state index >= 15 is 4.79 Å². The molecule has 12 heteroatoms. The molecule has 2 aliphatic carbocycles. The van der Waals surface area contributed by atoms with Gasteiger partial charge in [0.05, 0.1) is 41.7 Å². The summed E-state index contributed by atoms with van der Waals surface area (Å²) >= 11 is 6.36. The molecule has 2 aliphatic heterocycles. The number of anilines is 2. The number of phenolic OH excluding ortho intramolecular Hbond substituents is 1. The predicted octanol–water partition coefficient (Wildman–Crippen LogP) is 6.59. The summed E-state index contributed by atoms with van der Waals surface area (Å²) in [5.74, 6) is -6.62. The molecule has 268 valence electrons. The van der Waals surface area contributed by atoms with Gasteiger partial charge in [-0.2, -0.15) is 5.01 Å². The number of nitrogens with one attached hydrogen (secondary N) is 1. The third kappa shape index (κ3) is 5.16. The third-order valence-corrected chi connectivity index (χ3v) is 11.6. The zero-order chi connectivity index (χ0) is 37.3. The van der Waals surface area contributed by atoms with Crippen molar-refractivity contribution >= 4 is 52.4 Å². The molecule has 0 unspecified atom stereocenters. The third-order valence-electron chi connectivity index (χ3n) is 11.3. The van der Waals surface area contributed by atoms with Crippen LogP contribution in [0.4, 0.5) is 15.8 Å². The number of hydrogen-bond acceptors (Lipinski definition) is 8. The van der Waals surface area contributed by atoms with Crippen molar-refractivity contribution in [2.75, 3.05) is 17.4 Å². The Labute approximate surface area is 308 Å². The monoisotopic (exact) mass is 733 g/mol. The molecule has 53 heavy (non-hydrogen) atoms. The van der Waals surface area contributed by atoms with Gasteiger partial charge in [0, 0.05) is 28.1 Å². The molecule has 6 atom stereocenters. The SMILES string of the molecule is COc1cc(O)ccc1[C@H]1C2=CC[C@@H]3C(=O)N(c4ccc(C(C)=O)cc4)C(=O)[C@@H]3[C@@H]2C[C@H]2C(=O)N(Nc3ccc(F)cc3)C(=O)[C@@]12c1ccc(Cl)cc1. The molecular weight excluding hydrogens is 701 g/mol. The number of halogens is 2. The molecule has 4 amide bonds. The number of hydrazine groups is 1. The van der Waals surface area contributed by atoms with Crippen LogP contribution in [0.15, 0.2) is 103 Å². The Hall–Kier alpha value is -5.81. The van der Waals surface area contributed by atoms with Crippen LogP contribution in [0.2, 0.25) is 5.02 Å². The van der Waals surface area contributed by atoms with Crippen molar-refractivity contribution in [3.05, 3.63) is 130 Å². The Bertz CT molecular complexity index is 2240. The van der Waals surface area contributed by atoms with E-state index in [2.05, 4.69) is 5.43 Å². The first kappa shape index (κ1) is 34.3. The maximum Gasteiger partial charge on any atom is 0.260 e. The molecule has 8 rings (SSSR count). The number of carbonyl (C=O) groups is 5. The van der Waals surface area contributed by atoms with E-state index in [9.17, 15) is 28.7 Å². The number of benzene rings is 4. The van der Waals surface area contributed by atoms with Crippen molar-refractivity contribution in [2.24, 2.45) is 23.7 Å². The lowest BCUT2D eigenvalue weighted by atomic mass is 9.49. The van der Waals surface area contributed by atoms with Crippen LogP contribution >= 0.6 is 11.6 Å². The normalized spacial score (nSPS) is 26.2. The van der Waals surface area contributed by atoms with E-state index in [-0.39, 0.29) is 36.0 Å². The van der Waals surface area contributed by atoms with Crippen LogP contribution in [0.1, 0.15) is 47.2 Å². The Morgan fingerprint density at radius 3 is 2.26 bits per heavy atom. The quantitative estimate of drug-likeness (QED) is 0.124. The second kappa shape index (κ2) is 12.7. The van der Waals surface area contributed by atoms with Gasteiger partial charge in [-0.05, 0) is 98.0 Å². The molecule has 3 fully saturated rings. The highest BCUT2D eigenvalue weighted by Crippen LogP contribution is 2.65. The summed E-state index contributed by atoms with van der Waals surface area (Å²) in [7, 11) is 1.44. The van der Waals surface area contributed by atoms with E-state index in [1.807, 2.05) is 6.08 Å². The highest BCUT2D eigenvalue weighted by Gasteiger charge is 2.70. The number of nitrogens with zero attached hydrogens (tertiary/aromatic N) is 2. The molecule has 2 heterocycles. The van der Waals surface area contributed by atoms with Crippen LogP contribution in [0, 0.1) is 29.5 Å². The Kier molecular flexibility index (Phi) is 8.21. The fourth-order valence-corrected chi connectivity index (χ4v) is 9.16. The van der Waals surface area contributed by atoms with Crippen LogP contribution in [-0.4, -0.2) is 46.6 Å². The Balaban J connectivity index is 1.32. The van der Waals surface area contributed by atoms with E-state index in [0.29, 0.717) is 38.7 Å².